The van der Waals surface area contributed by atoms with E-state index in [-0.39, 0.29) is 5.56 Å². The van der Waals surface area contributed by atoms with Crippen LogP contribution in [-0.2, 0) is 4.79 Å². The molecular formula is C15H6F6O2. The largest absolute Gasteiger partial charge is 0.478 e. The first-order valence-electron chi connectivity index (χ1n) is 5.96. The fourth-order valence-corrected chi connectivity index (χ4v) is 1.85. The van der Waals surface area contributed by atoms with Gasteiger partial charge in [-0.15, -0.1) is 0 Å². The summed E-state index contributed by atoms with van der Waals surface area (Å²) < 4.78 is 80.6. The number of carboxylic acids is 1. The third-order valence-electron chi connectivity index (χ3n) is 2.89. The van der Waals surface area contributed by atoms with E-state index >= 15 is 0 Å². The fourth-order valence-electron chi connectivity index (χ4n) is 1.85. The molecule has 2 rings (SSSR count). The summed E-state index contributed by atoms with van der Waals surface area (Å²) in [6, 6.07) is 2.56. The molecule has 2 aromatic carbocycles. The highest BCUT2D eigenvalue weighted by molar-refractivity contribution is 5.85. The van der Waals surface area contributed by atoms with Gasteiger partial charge in [0.05, 0.1) is 5.56 Å². The standard InChI is InChI=1S/C15H6F6O2/c16-8-3-1-6(2-4-9(22)23)5-7(8)10-11(17)13(19)15(21)14(20)12(10)18/h1-5H,(H,22,23)/b4-2+. The minimum Gasteiger partial charge on any atom is -0.478 e. The maximum absolute atomic E-state index is 13.8. The molecule has 0 aliphatic rings. The van der Waals surface area contributed by atoms with Crippen molar-refractivity contribution in [1.82, 2.24) is 0 Å². The van der Waals surface area contributed by atoms with Gasteiger partial charge in [-0.05, 0) is 23.8 Å². The van der Waals surface area contributed by atoms with Gasteiger partial charge in [0.2, 0.25) is 5.82 Å². The van der Waals surface area contributed by atoms with Crippen molar-refractivity contribution in [3.8, 4) is 11.1 Å². The predicted molar refractivity (Wildman–Crippen MR) is 68.3 cm³/mol. The van der Waals surface area contributed by atoms with E-state index in [2.05, 4.69) is 0 Å². The summed E-state index contributed by atoms with van der Waals surface area (Å²) in [5, 5.41) is 8.49. The zero-order chi connectivity index (χ0) is 17.3. The highest BCUT2D eigenvalue weighted by Crippen LogP contribution is 2.33. The SMILES string of the molecule is O=C(O)/C=C/c1ccc(F)c(-c2c(F)c(F)c(F)c(F)c2F)c1. The molecule has 23 heavy (non-hydrogen) atoms. The number of aliphatic carboxylic acids is 1. The van der Waals surface area contributed by atoms with Crippen LogP contribution in [0.5, 0.6) is 0 Å². The lowest BCUT2D eigenvalue weighted by molar-refractivity contribution is -0.131. The van der Waals surface area contributed by atoms with E-state index in [1.54, 1.807) is 0 Å². The molecule has 0 aliphatic carbocycles. The Labute approximate surface area is 125 Å². The average molecular weight is 332 g/mol. The summed E-state index contributed by atoms with van der Waals surface area (Å²) in [6.45, 7) is 0. The predicted octanol–water partition coefficient (Wildman–Crippen LogP) is 4.29. The van der Waals surface area contributed by atoms with E-state index in [1.165, 1.54) is 0 Å². The second kappa shape index (κ2) is 6.15. The monoisotopic (exact) mass is 332 g/mol. The molecule has 0 atom stereocenters. The van der Waals surface area contributed by atoms with Crippen molar-refractivity contribution in [3.05, 3.63) is 64.7 Å². The van der Waals surface area contributed by atoms with Crippen LogP contribution in [0.2, 0.25) is 0 Å². The summed E-state index contributed by atoms with van der Waals surface area (Å²) in [5.74, 6) is -13.7. The molecule has 1 N–H and O–H groups in total. The molecule has 0 spiro atoms. The Balaban J connectivity index is 2.72. The Bertz CT molecular complexity index is 800. The summed E-state index contributed by atoms with van der Waals surface area (Å²) >= 11 is 0. The molecule has 0 bridgehead atoms. The Morgan fingerprint density at radius 1 is 0.870 bits per heavy atom. The lowest BCUT2D eigenvalue weighted by atomic mass is 10.00. The molecule has 0 amide bonds. The first-order chi connectivity index (χ1) is 10.7. The topological polar surface area (TPSA) is 37.3 Å². The summed E-state index contributed by atoms with van der Waals surface area (Å²) in [4.78, 5) is 10.4. The zero-order valence-electron chi connectivity index (χ0n) is 11.0. The Kier molecular flexibility index (Phi) is 4.44. The quantitative estimate of drug-likeness (QED) is 0.394. The fraction of sp³-hybridized carbons (Fsp3) is 0. The number of hydrogen-bond donors (Lipinski definition) is 1. The van der Waals surface area contributed by atoms with Crippen LogP contribution in [0.25, 0.3) is 17.2 Å². The molecule has 2 nitrogen and oxygen atoms in total. The second-order valence-electron chi connectivity index (χ2n) is 4.36. The number of rotatable bonds is 3. The smallest absolute Gasteiger partial charge is 0.328 e. The van der Waals surface area contributed by atoms with Crippen molar-refractivity contribution in [3.63, 3.8) is 0 Å². The minimum absolute atomic E-state index is 0.00672. The normalized spacial score (nSPS) is 11.2. The van der Waals surface area contributed by atoms with E-state index in [9.17, 15) is 31.1 Å². The van der Waals surface area contributed by atoms with Crippen molar-refractivity contribution < 1.29 is 36.2 Å². The van der Waals surface area contributed by atoms with Gasteiger partial charge in [0.1, 0.15) is 5.82 Å². The molecule has 8 heteroatoms. The average Bonchev–Trinajstić information content (AvgIpc) is 2.51. The van der Waals surface area contributed by atoms with Gasteiger partial charge in [-0.2, -0.15) is 0 Å². The number of halogens is 6. The van der Waals surface area contributed by atoms with E-state index in [1.807, 2.05) is 0 Å². The summed E-state index contributed by atoms with van der Waals surface area (Å²) in [7, 11) is 0. The van der Waals surface area contributed by atoms with Crippen molar-refractivity contribution in [2.75, 3.05) is 0 Å². The molecule has 0 unspecified atom stereocenters. The second-order valence-corrected chi connectivity index (χ2v) is 4.36. The van der Waals surface area contributed by atoms with Gasteiger partial charge in [-0.25, -0.2) is 31.1 Å². The van der Waals surface area contributed by atoms with Gasteiger partial charge in [0.15, 0.2) is 23.3 Å². The highest BCUT2D eigenvalue weighted by Gasteiger charge is 2.28. The van der Waals surface area contributed by atoms with Crippen LogP contribution in [0, 0.1) is 34.9 Å². The molecule has 2 aromatic rings. The molecule has 0 saturated heterocycles. The maximum atomic E-state index is 13.8. The van der Waals surface area contributed by atoms with Crippen molar-refractivity contribution in [2.45, 2.75) is 0 Å². The van der Waals surface area contributed by atoms with Crippen LogP contribution < -0.4 is 0 Å². The van der Waals surface area contributed by atoms with Gasteiger partial charge in [-0.3, -0.25) is 0 Å². The molecular weight excluding hydrogens is 326 g/mol. The highest BCUT2D eigenvalue weighted by atomic mass is 19.2. The van der Waals surface area contributed by atoms with Gasteiger partial charge in [0.25, 0.3) is 0 Å². The van der Waals surface area contributed by atoms with Crippen molar-refractivity contribution in [2.24, 2.45) is 0 Å². The lowest BCUT2D eigenvalue weighted by Gasteiger charge is -2.10. The van der Waals surface area contributed by atoms with Crippen LogP contribution in [-0.4, -0.2) is 11.1 Å². The first-order valence-corrected chi connectivity index (χ1v) is 5.96. The third kappa shape index (κ3) is 3.05. The van der Waals surface area contributed by atoms with Gasteiger partial charge < -0.3 is 5.11 Å². The number of carbonyl (C=O) groups is 1. The molecule has 0 aromatic heterocycles. The molecule has 0 heterocycles. The molecule has 0 saturated carbocycles. The summed E-state index contributed by atoms with van der Waals surface area (Å²) in [6.07, 6.45) is 1.63. The number of carboxylic acid groups (broad SMARTS) is 1. The summed E-state index contributed by atoms with van der Waals surface area (Å²) in [5.41, 5.74) is -2.32. The van der Waals surface area contributed by atoms with Gasteiger partial charge in [0, 0.05) is 11.6 Å². The van der Waals surface area contributed by atoms with Crippen LogP contribution >= 0.6 is 0 Å². The Morgan fingerprint density at radius 2 is 1.39 bits per heavy atom. The minimum atomic E-state index is -2.36. The van der Waals surface area contributed by atoms with E-state index in [0.717, 1.165) is 24.3 Å². The Hall–Kier alpha value is -2.77. The molecule has 0 fully saturated rings. The molecule has 120 valence electrons. The maximum Gasteiger partial charge on any atom is 0.328 e. The van der Waals surface area contributed by atoms with Crippen molar-refractivity contribution in [1.29, 1.82) is 0 Å². The number of hydrogen-bond acceptors (Lipinski definition) is 1. The van der Waals surface area contributed by atoms with Crippen LogP contribution in [0.15, 0.2) is 24.3 Å². The molecule has 0 radical (unpaired) electrons. The lowest BCUT2D eigenvalue weighted by Crippen LogP contribution is -2.05. The Morgan fingerprint density at radius 3 is 1.91 bits per heavy atom. The zero-order valence-corrected chi connectivity index (χ0v) is 11.0. The van der Waals surface area contributed by atoms with Crippen LogP contribution in [0.4, 0.5) is 26.3 Å². The third-order valence-corrected chi connectivity index (χ3v) is 2.89. The van der Waals surface area contributed by atoms with E-state index in [4.69, 9.17) is 5.11 Å². The number of benzene rings is 2. The van der Waals surface area contributed by atoms with Crippen LogP contribution in [0.1, 0.15) is 5.56 Å². The van der Waals surface area contributed by atoms with E-state index in [0.29, 0.717) is 6.08 Å². The van der Waals surface area contributed by atoms with Crippen LogP contribution in [0.3, 0.4) is 0 Å². The van der Waals surface area contributed by atoms with Gasteiger partial charge in [-0.1, -0.05) is 6.07 Å². The van der Waals surface area contributed by atoms with Gasteiger partial charge >= 0.3 is 5.97 Å². The van der Waals surface area contributed by atoms with Crippen molar-refractivity contribution >= 4 is 12.0 Å². The first kappa shape index (κ1) is 16.6. The van der Waals surface area contributed by atoms with E-state index < -0.39 is 52.0 Å². The molecule has 0 aliphatic heterocycles.